The molecular weight excluding hydrogens is 350 g/mol. The number of aromatic amines is 1. The van der Waals surface area contributed by atoms with Gasteiger partial charge in [-0.2, -0.15) is 5.10 Å². The summed E-state index contributed by atoms with van der Waals surface area (Å²) in [7, 11) is 0. The lowest BCUT2D eigenvalue weighted by molar-refractivity contribution is 0.336. The number of oxazole rings is 1. The summed E-state index contributed by atoms with van der Waals surface area (Å²) >= 11 is 6.16. The van der Waals surface area contributed by atoms with Gasteiger partial charge in [-0.1, -0.05) is 11.6 Å². The van der Waals surface area contributed by atoms with Crippen LogP contribution >= 0.6 is 11.6 Å². The normalized spacial score (nSPS) is 22.5. The SMILES string of the molecule is Clc1cnc2c(c1)CNCc1[nH]nc(C3CCC(c4ncco4)CC3)c1-2. The van der Waals surface area contributed by atoms with Crippen LogP contribution in [0.25, 0.3) is 11.3 Å². The van der Waals surface area contributed by atoms with Crippen LogP contribution in [0.1, 0.15) is 60.4 Å². The smallest absolute Gasteiger partial charge is 0.197 e. The minimum absolute atomic E-state index is 0.421. The molecule has 0 aromatic carbocycles. The molecule has 3 aromatic rings. The fourth-order valence-corrected chi connectivity index (χ4v) is 4.48. The Morgan fingerprint density at radius 2 is 1.92 bits per heavy atom. The molecule has 0 saturated heterocycles. The van der Waals surface area contributed by atoms with Gasteiger partial charge in [-0.3, -0.25) is 10.1 Å². The molecule has 0 spiro atoms. The summed E-state index contributed by atoms with van der Waals surface area (Å²) in [5.74, 6) is 1.73. The highest BCUT2D eigenvalue weighted by Gasteiger charge is 2.31. The molecule has 26 heavy (non-hydrogen) atoms. The van der Waals surface area contributed by atoms with E-state index in [4.69, 9.17) is 21.1 Å². The second-order valence-electron chi connectivity index (χ2n) is 7.15. The number of hydrogen-bond donors (Lipinski definition) is 2. The van der Waals surface area contributed by atoms with Gasteiger partial charge in [-0.15, -0.1) is 0 Å². The highest BCUT2D eigenvalue weighted by Crippen LogP contribution is 2.43. The summed E-state index contributed by atoms with van der Waals surface area (Å²) in [6, 6.07) is 2.00. The van der Waals surface area contributed by atoms with Crippen molar-refractivity contribution in [2.24, 2.45) is 0 Å². The van der Waals surface area contributed by atoms with Gasteiger partial charge in [0, 0.05) is 36.7 Å². The molecule has 2 N–H and O–H groups in total. The van der Waals surface area contributed by atoms with Crippen molar-refractivity contribution in [1.82, 2.24) is 25.5 Å². The number of fused-ring (bicyclic) bond motifs is 3. The zero-order valence-corrected chi connectivity index (χ0v) is 15.1. The molecule has 1 saturated carbocycles. The Morgan fingerprint density at radius 1 is 1.08 bits per heavy atom. The first-order valence-corrected chi connectivity index (χ1v) is 9.49. The number of nitrogens with zero attached hydrogens (tertiary/aromatic N) is 3. The van der Waals surface area contributed by atoms with E-state index in [1.165, 1.54) is 5.56 Å². The van der Waals surface area contributed by atoms with Gasteiger partial charge in [-0.25, -0.2) is 4.98 Å². The molecule has 0 unspecified atom stereocenters. The van der Waals surface area contributed by atoms with Gasteiger partial charge in [0.25, 0.3) is 0 Å². The van der Waals surface area contributed by atoms with E-state index >= 15 is 0 Å². The predicted molar refractivity (Wildman–Crippen MR) is 97.8 cm³/mol. The first kappa shape index (κ1) is 16.0. The van der Waals surface area contributed by atoms with Crippen molar-refractivity contribution in [3.63, 3.8) is 0 Å². The van der Waals surface area contributed by atoms with E-state index in [0.717, 1.165) is 67.3 Å². The molecule has 7 heteroatoms. The van der Waals surface area contributed by atoms with Crippen molar-refractivity contribution >= 4 is 11.6 Å². The highest BCUT2D eigenvalue weighted by atomic mass is 35.5. The topological polar surface area (TPSA) is 79.6 Å². The number of rotatable bonds is 2. The molecular formula is C19H20ClN5O. The van der Waals surface area contributed by atoms with Gasteiger partial charge in [-0.05, 0) is 37.3 Å². The van der Waals surface area contributed by atoms with Crippen molar-refractivity contribution in [3.8, 4) is 11.3 Å². The second-order valence-corrected chi connectivity index (χ2v) is 7.58. The molecule has 6 nitrogen and oxygen atoms in total. The molecule has 5 rings (SSSR count). The zero-order valence-electron chi connectivity index (χ0n) is 14.3. The Bertz CT molecular complexity index is 912. The minimum atomic E-state index is 0.421. The summed E-state index contributed by atoms with van der Waals surface area (Å²) in [5.41, 5.74) is 5.57. The van der Waals surface area contributed by atoms with Crippen LogP contribution in [-0.4, -0.2) is 20.2 Å². The quantitative estimate of drug-likeness (QED) is 0.709. The number of halogens is 1. The number of hydrogen-bond acceptors (Lipinski definition) is 5. The van der Waals surface area contributed by atoms with E-state index in [2.05, 4.69) is 20.4 Å². The van der Waals surface area contributed by atoms with Crippen LogP contribution < -0.4 is 5.32 Å². The van der Waals surface area contributed by atoms with Crippen LogP contribution in [-0.2, 0) is 13.1 Å². The van der Waals surface area contributed by atoms with Gasteiger partial charge in [0.05, 0.1) is 28.3 Å². The van der Waals surface area contributed by atoms with E-state index in [0.29, 0.717) is 16.9 Å². The molecule has 0 bridgehead atoms. The van der Waals surface area contributed by atoms with E-state index in [9.17, 15) is 0 Å². The van der Waals surface area contributed by atoms with Crippen LogP contribution in [0.4, 0.5) is 0 Å². The molecule has 4 heterocycles. The van der Waals surface area contributed by atoms with E-state index in [1.54, 1.807) is 18.7 Å². The largest absolute Gasteiger partial charge is 0.449 e. The number of pyridine rings is 1. The van der Waals surface area contributed by atoms with Gasteiger partial charge in [0.15, 0.2) is 5.89 Å². The molecule has 0 atom stereocenters. The van der Waals surface area contributed by atoms with Gasteiger partial charge >= 0.3 is 0 Å². The molecule has 134 valence electrons. The van der Waals surface area contributed by atoms with E-state index in [-0.39, 0.29) is 0 Å². The second kappa shape index (κ2) is 6.52. The number of nitrogens with one attached hydrogen (secondary N) is 2. The molecule has 0 radical (unpaired) electrons. The molecule has 1 fully saturated rings. The fourth-order valence-electron chi connectivity index (χ4n) is 4.29. The van der Waals surface area contributed by atoms with Crippen LogP contribution in [0, 0.1) is 0 Å². The first-order valence-electron chi connectivity index (χ1n) is 9.11. The number of aromatic nitrogens is 4. The summed E-state index contributed by atoms with van der Waals surface area (Å²) in [5, 5.41) is 12.0. The minimum Gasteiger partial charge on any atom is -0.449 e. The summed E-state index contributed by atoms with van der Waals surface area (Å²) in [6.45, 7) is 1.53. The summed E-state index contributed by atoms with van der Waals surface area (Å²) in [4.78, 5) is 8.98. The molecule has 3 aromatic heterocycles. The maximum absolute atomic E-state index is 6.16. The molecule has 1 aliphatic heterocycles. The monoisotopic (exact) mass is 369 g/mol. The third kappa shape index (κ3) is 2.73. The maximum atomic E-state index is 6.16. The Labute approximate surface area is 156 Å². The van der Waals surface area contributed by atoms with Crippen LogP contribution in [0.15, 0.2) is 29.1 Å². The standard InChI is InChI=1S/C19H20ClN5O/c20-14-7-13-8-21-10-15-16(17(13)23-9-14)18(25-24-15)11-1-3-12(4-2-11)19-22-5-6-26-19/h5-7,9,11-12,21H,1-4,8,10H2,(H,24,25). The van der Waals surface area contributed by atoms with Crippen molar-refractivity contribution < 1.29 is 4.42 Å². The van der Waals surface area contributed by atoms with Gasteiger partial charge in [0.2, 0.25) is 0 Å². The molecule has 2 aliphatic rings. The lowest BCUT2D eigenvalue weighted by atomic mass is 9.79. The van der Waals surface area contributed by atoms with Crippen molar-refractivity contribution in [2.75, 3.05) is 0 Å². The fraction of sp³-hybridized carbons (Fsp3) is 0.421. The third-order valence-corrected chi connectivity index (χ3v) is 5.78. The van der Waals surface area contributed by atoms with Crippen molar-refractivity contribution in [2.45, 2.75) is 50.6 Å². The Balaban J connectivity index is 1.46. The summed E-state index contributed by atoms with van der Waals surface area (Å²) in [6.07, 6.45) is 9.44. The zero-order chi connectivity index (χ0) is 17.5. The van der Waals surface area contributed by atoms with Crippen molar-refractivity contribution in [3.05, 3.63) is 52.6 Å². The van der Waals surface area contributed by atoms with Crippen LogP contribution in [0.3, 0.4) is 0 Å². The lowest BCUT2D eigenvalue weighted by Gasteiger charge is -2.26. The van der Waals surface area contributed by atoms with Gasteiger partial charge < -0.3 is 9.73 Å². The van der Waals surface area contributed by atoms with E-state index in [1.807, 2.05) is 6.07 Å². The van der Waals surface area contributed by atoms with Crippen molar-refractivity contribution in [1.29, 1.82) is 0 Å². The number of H-pyrrole nitrogens is 1. The third-order valence-electron chi connectivity index (χ3n) is 5.57. The average Bonchev–Trinajstić information content (AvgIpc) is 3.30. The first-order chi connectivity index (χ1) is 12.8. The van der Waals surface area contributed by atoms with Crippen LogP contribution in [0.5, 0.6) is 0 Å². The lowest BCUT2D eigenvalue weighted by Crippen LogP contribution is -2.13. The van der Waals surface area contributed by atoms with E-state index < -0.39 is 0 Å². The maximum Gasteiger partial charge on any atom is 0.197 e. The average molecular weight is 370 g/mol. The van der Waals surface area contributed by atoms with Crippen LogP contribution in [0.2, 0.25) is 5.02 Å². The van der Waals surface area contributed by atoms with Gasteiger partial charge in [0.1, 0.15) is 6.26 Å². The predicted octanol–water partition coefficient (Wildman–Crippen LogP) is 4.16. The Hall–Kier alpha value is -2.18. The molecule has 0 amide bonds. The molecule has 1 aliphatic carbocycles. The highest BCUT2D eigenvalue weighted by molar-refractivity contribution is 6.30. The Morgan fingerprint density at radius 3 is 2.73 bits per heavy atom. The Kier molecular flexibility index (Phi) is 4.02. The summed E-state index contributed by atoms with van der Waals surface area (Å²) < 4.78 is 5.50.